The molecule has 0 aliphatic rings. The minimum Gasteiger partial charge on any atom is -0.493 e. The summed E-state index contributed by atoms with van der Waals surface area (Å²) in [6.07, 6.45) is -0.592. The minimum absolute atomic E-state index is 0.214. The number of para-hydroxylation sites is 1. The highest BCUT2D eigenvalue weighted by atomic mass is 16.5. The molecule has 7 nitrogen and oxygen atoms in total. The number of ether oxygens (including phenoxy) is 2. The van der Waals surface area contributed by atoms with Gasteiger partial charge in [0.25, 0.3) is 5.91 Å². The Hall–Kier alpha value is -3.87. The van der Waals surface area contributed by atoms with Crippen LogP contribution in [-0.2, 0) is 0 Å². The topological polar surface area (TPSA) is 78.3 Å². The zero-order valence-electron chi connectivity index (χ0n) is 17.0. The lowest BCUT2D eigenvalue weighted by Crippen LogP contribution is -2.34. The van der Waals surface area contributed by atoms with Crippen molar-refractivity contribution in [3.63, 3.8) is 0 Å². The van der Waals surface area contributed by atoms with Gasteiger partial charge < -0.3 is 14.8 Å². The lowest BCUT2D eigenvalue weighted by molar-refractivity contribution is 0.0927. The molecular weight excluding hydrogens is 380 g/mol. The number of hydrogen-bond acceptors (Lipinski definition) is 5. The molecule has 0 spiro atoms. The molecule has 152 valence electrons. The number of rotatable bonds is 6. The molecule has 0 fully saturated rings. The van der Waals surface area contributed by atoms with E-state index in [1.54, 1.807) is 37.1 Å². The van der Waals surface area contributed by atoms with Gasteiger partial charge in [0.15, 0.2) is 17.7 Å². The standard InChI is InChI=1S/C23H22N4O3/c1-15-8-10-16(11-9-15)23(28)24-22(17-12-13-20(29-2)21(14-17)30-3)27-19-7-5-4-6-18(19)25-26-27/h4-14,22H,1-3H3,(H,24,28). The zero-order chi connectivity index (χ0) is 21.1. The molecule has 0 bridgehead atoms. The Morgan fingerprint density at radius 1 is 0.967 bits per heavy atom. The van der Waals surface area contributed by atoms with Crippen LogP contribution in [0.15, 0.2) is 66.7 Å². The molecule has 0 radical (unpaired) electrons. The van der Waals surface area contributed by atoms with E-state index in [-0.39, 0.29) is 5.91 Å². The van der Waals surface area contributed by atoms with E-state index in [1.165, 1.54) is 0 Å². The summed E-state index contributed by atoms with van der Waals surface area (Å²) in [5.74, 6) is 0.955. The summed E-state index contributed by atoms with van der Waals surface area (Å²) < 4.78 is 12.5. The number of nitrogens with one attached hydrogen (secondary N) is 1. The Kier molecular flexibility index (Phi) is 5.34. The van der Waals surface area contributed by atoms with Crippen LogP contribution in [0.2, 0.25) is 0 Å². The molecule has 0 saturated carbocycles. The van der Waals surface area contributed by atoms with Gasteiger partial charge in [0.1, 0.15) is 5.52 Å². The van der Waals surface area contributed by atoms with Gasteiger partial charge in [0.05, 0.1) is 19.7 Å². The van der Waals surface area contributed by atoms with Gasteiger partial charge in [-0.2, -0.15) is 0 Å². The summed E-state index contributed by atoms with van der Waals surface area (Å²) in [6.45, 7) is 1.98. The summed E-state index contributed by atoms with van der Waals surface area (Å²) in [7, 11) is 3.16. The molecule has 1 heterocycles. The zero-order valence-corrected chi connectivity index (χ0v) is 17.0. The molecule has 1 unspecified atom stereocenters. The van der Waals surface area contributed by atoms with E-state index < -0.39 is 6.17 Å². The third-order valence-corrected chi connectivity index (χ3v) is 4.93. The minimum atomic E-state index is -0.592. The average Bonchev–Trinajstić information content (AvgIpc) is 3.21. The summed E-state index contributed by atoms with van der Waals surface area (Å²) in [4.78, 5) is 13.0. The number of fused-ring (bicyclic) bond motifs is 1. The van der Waals surface area contributed by atoms with Gasteiger partial charge in [-0.1, -0.05) is 41.1 Å². The molecule has 0 aliphatic carbocycles. The second kappa shape index (κ2) is 8.24. The number of hydrogen-bond donors (Lipinski definition) is 1. The summed E-state index contributed by atoms with van der Waals surface area (Å²) in [5, 5.41) is 11.6. The summed E-state index contributed by atoms with van der Waals surface area (Å²) >= 11 is 0. The quantitative estimate of drug-likeness (QED) is 0.532. The van der Waals surface area contributed by atoms with E-state index >= 15 is 0 Å². The van der Waals surface area contributed by atoms with Gasteiger partial charge in [0.2, 0.25) is 0 Å². The maximum Gasteiger partial charge on any atom is 0.253 e. The van der Waals surface area contributed by atoms with Gasteiger partial charge in [-0.25, -0.2) is 4.68 Å². The van der Waals surface area contributed by atoms with E-state index in [2.05, 4.69) is 15.6 Å². The van der Waals surface area contributed by atoms with Crippen molar-refractivity contribution in [3.05, 3.63) is 83.4 Å². The van der Waals surface area contributed by atoms with Crippen molar-refractivity contribution >= 4 is 16.9 Å². The number of aryl methyl sites for hydroxylation is 1. The number of benzene rings is 3. The van der Waals surface area contributed by atoms with E-state index in [0.717, 1.165) is 22.2 Å². The van der Waals surface area contributed by atoms with Gasteiger partial charge >= 0.3 is 0 Å². The Morgan fingerprint density at radius 2 is 1.70 bits per heavy atom. The first-order valence-electron chi connectivity index (χ1n) is 9.50. The van der Waals surface area contributed by atoms with Crippen molar-refractivity contribution in [2.45, 2.75) is 13.1 Å². The molecule has 30 heavy (non-hydrogen) atoms. The van der Waals surface area contributed by atoms with Crippen LogP contribution >= 0.6 is 0 Å². The maximum atomic E-state index is 13.0. The molecule has 4 rings (SSSR count). The Balaban J connectivity index is 1.79. The fourth-order valence-corrected chi connectivity index (χ4v) is 3.30. The van der Waals surface area contributed by atoms with E-state index in [4.69, 9.17) is 9.47 Å². The Morgan fingerprint density at radius 3 is 2.43 bits per heavy atom. The Labute approximate surface area is 174 Å². The van der Waals surface area contributed by atoms with Gasteiger partial charge in [0, 0.05) is 11.1 Å². The van der Waals surface area contributed by atoms with Crippen LogP contribution in [0.25, 0.3) is 11.0 Å². The smallest absolute Gasteiger partial charge is 0.253 e. The number of carbonyl (C=O) groups excluding carboxylic acids is 1. The Bertz CT molecular complexity index is 1180. The molecule has 1 amide bonds. The number of carbonyl (C=O) groups is 1. The normalized spacial score (nSPS) is 11.8. The highest BCUT2D eigenvalue weighted by Crippen LogP contribution is 2.31. The summed E-state index contributed by atoms with van der Waals surface area (Å²) in [6, 6.07) is 20.5. The van der Waals surface area contributed by atoms with Gasteiger partial charge in [-0.05, 0) is 43.3 Å². The van der Waals surface area contributed by atoms with Crippen LogP contribution in [0.5, 0.6) is 11.5 Å². The fourth-order valence-electron chi connectivity index (χ4n) is 3.30. The third-order valence-electron chi connectivity index (χ3n) is 4.93. The van der Waals surface area contributed by atoms with E-state index in [0.29, 0.717) is 17.1 Å². The van der Waals surface area contributed by atoms with Crippen LogP contribution in [-0.4, -0.2) is 35.1 Å². The van der Waals surface area contributed by atoms with Gasteiger partial charge in [-0.15, -0.1) is 5.10 Å². The second-order valence-corrected chi connectivity index (χ2v) is 6.88. The third kappa shape index (κ3) is 3.69. The van der Waals surface area contributed by atoms with E-state index in [9.17, 15) is 4.79 Å². The van der Waals surface area contributed by atoms with Crippen molar-refractivity contribution in [3.8, 4) is 11.5 Å². The maximum absolute atomic E-state index is 13.0. The highest BCUT2D eigenvalue weighted by molar-refractivity contribution is 5.94. The van der Waals surface area contributed by atoms with Crippen molar-refractivity contribution in [2.75, 3.05) is 14.2 Å². The van der Waals surface area contributed by atoms with Crippen molar-refractivity contribution in [1.29, 1.82) is 0 Å². The van der Waals surface area contributed by atoms with Crippen LogP contribution in [0.3, 0.4) is 0 Å². The van der Waals surface area contributed by atoms with Crippen molar-refractivity contribution < 1.29 is 14.3 Å². The number of aromatic nitrogens is 3. The van der Waals surface area contributed by atoms with Gasteiger partial charge in [-0.3, -0.25) is 4.79 Å². The first-order valence-corrected chi connectivity index (χ1v) is 9.50. The number of methoxy groups -OCH3 is 2. The van der Waals surface area contributed by atoms with Crippen LogP contribution in [0, 0.1) is 6.92 Å². The molecule has 3 aromatic carbocycles. The average molecular weight is 402 g/mol. The summed E-state index contributed by atoms with van der Waals surface area (Å²) in [5.41, 5.74) is 3.98. The van der Waals surface area contributed by atoms with Crippen LogP contribution in [0.1, 0.15) is 27.7 Å². The molecule has 7 heteroatoms. The predicted molar refractivity (Wildman–Crippen MR) is 114 cm³/mol. The highest BCUT2D eigenvalue weighted by Gasteiger charge is 2.22. The fraction of sp³-hybridized carbons (Fsp3) is 0.174. The SMILES string of the molecule is COc1ccc(C(NC(=O)c2ccc(C)cc2)n2nnc3ccccc32)cc1OC. The first-order chi connectivity index (χ1) is 14.6. The van der Waals surface area contributed by atoms with E-state index in [1.807, 2.05) is 55.5 Å². The van der Waals surface area contributed by atoms with Crippen molar-refractivity contribution in [2.24, 2.45) is 0 Å². The molecule has 1 N–H and O–H groups in total. The lowest BCUT2D eigenvalue weighted by atomic mass is 10.1. The number of amides is 1. The monoisotopic (exact) mass is 402 g/mol. The second-order valence-electron chi connectivity index (χ2n) is 6.88. The first kappa shape index (κ1) is 19.4. The largest absolute Gasteiger partial charge is 0.493 e. The van der Waals surface area contributed by atoms with Crippen LogP contribution in [0.4, 0.5) is 0 Å². The molecular formula is C23H22N4O3. The molecule has 4 aromatic rings. The number of nitrogens with zero attached hydrogens (tertiary/aromatic N) is 3. The molecule has 0 aliphatic heterocycles. The molecule has 1 atom stereocenters. The van der Waals surface area contributed by atoms with Crippen molar-refractivity contribution in [1.82, 2.24) is 20.3 Å². The predicted octanol–water partition coefficient (Wildman–Crippen LogP) is 3.73. The lowest BCUT2D eigenvalue weighted by Gasteiger charge is -2.21. The molecule has 0 saturated heterocycles. The molecule has 1 aromatic heterocycles. The van der Waals surface area contributed by atoms with Crippen LogP contribution < -0.4 is 14.8 Å².